The number of nitrogens with zero attached hydrogens (tertiary/aromatic N) is 2. The molecule has 2 fully saturated rings. The van der Waals surface area contributed by atoms with E-state index in [0.29, 0.717) is 12.2 Å². The molecule has 2 atom stereocenters. The normalized spacial score (nSPS) is 27.3. The van der Waals surface area contributed by atoms with E-state index in [1.54, 1.807) is 17.0 Å². The Bertz CT molecular complexity index is 716. The van der Waals surface area contributed by atoms with Gasteiger partial charge in [0.1, 0.15) is 5.37 Å². The van der Waals surface area contributed by atoms with E-state index in [9.17, 15) is 23.3 Å². The summed E-state index contributed by atoms with van der Waals surface area (Å²) < 4.78 is 23.3. The lowest BCUT2D eigenvalue weighted by Crippen LogP contribution is -2.39. The van der Waals surface area contributed by atoms with Crippen LogP contribution in [0.15, 0.2) is 24.3 Å². The van der Waals surface area contributed by atoms with Gasteiger partial charge in [0.25, 0.3) is 5.69 Å². The summed E-state index contributed by atoms with van der Waals surface area (Å²) in [5.74, 6) is 0.343. The number of hydrogen-bond acceptors (Lipinski definition) is 6. The molecule has 0 saturated carbocycles. The Hall–Kier alpha value is -1.61. The summed E-state index contributed by atoms with van der Waals surface area (Å²) in [5.41, 5.74) is 0.777. The molecular weight excluding hydrogens is 328 g/mol. The van der Waals surface area contributed by atoms with Crippen molar-refractivity contribution in [3.05, 3.63) is 39.9 Å². The Morgan fingerprint density at radius 1 is 1.27 bits per heavy atom. The third-order valence-electron chi connectivity index (χ3n) is 3.90. The summed E-state index contributed by atoms with van der Waals surface area (Å²) in [6, 6.07) is 5.77. The molecule has 1 amide bonds. The monoisotopic (exact) mass is 342 g/mol. The van der Waals surface area contributed by atoms with Crippen LogP contribution in [-0.4, -0.2) is 47.4 Å². The minimum atomic E-state index is -3.07. The fraction of sp³-hybridized carbons (Fsp3) is 0.462. The molecule has 2 saturated heterocycles. The van der Waals surface area contributed by atoms with Gasteiger partial charge in [-0.1, -0.05) is 0 Å². The molecule has 1 aromatic rings. The van der Waals surface area contributed by atoms with E-state index in [1.165, 1.54) is 23.9 Å². The van der Waals surface area contributed by atoms with Gasteiger partial charge in [0.05, 0.1) is 22.2 Å². The second-order valence-corrected chi connectivity index (χ2v) is 8.67. The number of nitro benzene ring substituents is 1. The van der Waals surface area contributed by atoms with Crippen LogP contribution in [0.4, 0.5) is 5.69 Å². The lowest BCUT2D eigenvalue weighted by Gasteiger charge is -2.29. The number of hydrogen-bond donors (Lipinski definition) is 0. The number of rotatable bonds is 3. The summed E-state index contributed by atoms with van der Waals surface area (Å²) in [7, 11) is -3.07. The first-order valence-electron chi connectivity index (χ1n) is 6.75. The highest BCUT2D eigenvalue weighted by Gasteiger charge is 2.42. The lowest BCUT2D eigenvalue weighted by molar-refractivity contribution is -0.384. The summed E-state index contributed by atoms with van der Waals surface area (Å²) in [6.45, 7) is 0. The first-order chi connectivity index (χ1) is 10.4. The summed E-state index contributed by atoms with van der Waals surface area (Å²) in [4.78, 5) is 24.0. The minimum absolute atomic E-state index is 0.00276. The van der Waals surface area contributed by atoms with Crippen molar-refractivity contribution >= 4 is 33.2 Å². The highest BCUT2D eigenvalue weighted by molar-refractivity contribution is 8.00. The van der Waals surface area contributed by atoms with Crippen molar-refractivity contribution in [1.29, 1.82) is 0 Å². The molecule has 7 nitrogen and oxygen atoms in total. The first-order valence-corrected chi connectivity index (χ1v) is 9.62. The van der Waals surface area contributed by atoms with Crippen LogP contribution in [0.1, 0.15) is 17.4 Å². The smallest absolute Gasteiger partial charge is 0.269 e. The maximum Gasteiger partial charge on any atom is 0.269 e. The minimum Gasteiger partial charge on any atom is -0.322 e. The molecule has 0 radical (unpaired) electrons. The highest BCUT2D eigenvalue weighted by atomic mass is 32.2. The number of carbonyl (C=O) groups excluding carboxylic acids is 1. The zero-order chi connectivity index (χ0) is 15.9. The molecule has 9 heteroatoms. The second-order valence-electron chi connectivity index (χ2n) is 5.37. The van der Waals surface area contributed by atoms with Crippen molar-refractivity contribution in [1.82, 2.24) is 4.90 Å². The number of non-ortho nitro benzene ring substituents is 1. The topological polar surface area (TPSA) is 97.6 Å². The van der Waals surface area contributed by atoms with Crippen molar-refractivity contribution in [2.75, 3.05) is 17.3 Å². The Kier molecular flexibility index (Phi) is 3.85. The van der Waals surface area contributed by atoms with Crippen LogP contribution in [0.25, 0.3) is 0 Å². The van der Waals surface area contributed by atoms with Gasteiger partial charge in [0, 0.05) is 18.2 Å². The van der Waals surface area contributed by atoms with Crippen molar-refractivity contribution in [3.63, 3.8) is 0 Å². The van der Waals surface area contributed by atoms with Gasteiger partial charge >= 0.3 is 0 Å². The third-order valence-corrected chi connectivity index (χ3v) is 6.88. The van der Waals surface area contributed by atoms with Gasteiger partial charge in [-0.3, -0.25) is 14.9 Å². The average Bonchev–Trinajstić information content (AvgIpc) is 3.01. The van der Waals surface area contributed by atoms with Crippen LogP contribution in [0.5, 0.6) is 0 Å². The fourth-order valence-corrected chi connectivity index (χ4v) is 5.80. The average molecular weight is 342 g/mol. The van der Waals surface area contributed by atoms with E-state index < -0.39 is 14.8 Å². The number of carbonyl (C=O) groups is 1. The Balaban J connectivity index is 1.86. The third kappa shape index (κ3) is 2.82. The van der Waals surface area contributed by atoms with Gasteiger partial charge in [0.15, 0.2) is 9.84 Å². The van der Waals surface area contributed by atoms with Crippen molar-refractivity contribution in [2.45, 2.75) is 17.8 Å². The van der Waals surface area contributed by atoms with Crippen LogP contribution < -0.4 is 0 Å². The lowest BCUT2D eigenvalue weighted by atomic mass is 10.1. The molecular formula is C13H14N2O5S2. The number of nitro groups is 1. The quantitative estimate of drug-likeness (QED) is 0.607. The molecule has 1 aromatic carbocycles. The molecule has 2 aliphatic heterocycles. The molecule has 0 bridgehead atoms. The van der Waals surface area contributed by atoms with Gasteiger partial charge in [-0.2, -0.15) is 0 Å². The number of amides is 1. The summed E-state index contributed by atoms with van der Waals surface area (Å²) in [6.07, 6.45) is 0.456. The van der Waals surface area contributed by atoms with Crippen LogP contribution >= 0.6 is 11.8 Å². The van der Waals surface area contributed by atoms with E-state index in [1.807, 2.05) is 0 Å². The zero-order valence-electron chi connectivity index (χ0n) is 11.5. The van der Waals surface area contributed by atoms with Crippen molar-refractivity contribution in [2.24, 2.45) is 0 Å². The fourth-order valence-electron chi connectivity index (χ4n) is 2.84. The second kappa shape index (κ2) is 5.54. The molecule has 2 heterocycles. The molecule has 0 aromatic heterocycles. The van der Waals surface area contributed by atoms with E-state index in [4.69, 9.17) is 0 Å². The Morgan fingerprint density at radius 2 is 1.95 bits per heavy atom. The van der Waals surface area contributed by atoms with E-state index in [-0.39, 0.29) is 34.5 Å². The number of thioether (sulfide) groups is 1. The van der Waals surface area contributed by atoms with Gasteiger partial charge in [-0.15, -0.1) is 11.8 Å². The van der Waals surface area contributed by atoms with Crippen molar-refractivity contribution in [3.8, 4) is 0 Å². The van der Waals surface area contributed by atoms with Crippen LogP contribution in [0.2, 0.25) is 0 Å². The molecule has 22 heavy (non-hydrogen) atoms. The largest absolute Gasteiger partial charge is 0.322 e. The first kappa shape index (κ1) is 15.3. The van der Waals surface area contributed by atoms with Crippen molar-refractivity contribution < 1.29 is 18.1 Å². The molecule has 118 valence electrons. The summed E-state index contributed by atoms with van der Waals surface area (Å²) in [5, 5.41) is 10.4. The maximum atomic E-state index is 12.1. The van der Waals surface area contributed by atoms with Gasteiger partial charge in [-0.25, -0.2) is 8.42 Å². The molecule has 2 aliphatic rings. The Labute approximate surface area is 131 Å². The number of sulfone groups is 1. The standard InChI is InChI=1S/C13H14N2O5S2/c16-12-7-21-13(9-1-3-10(4-2-9)15(17)18)14(12)11-5-6-22(19,20)8-11/h1-4,11,13H,5-8H2. The predicted octanol–water partition coefficient (Wildman–Crippen LogP) is 1.36. The van der Waals surface area contributed by atoms with E-state index in [0.717, 1.165) is 5.56 Å². The highest BCUT2D eigenvalue weighted by Crippen LogP contribution is 2.42. The number of benzene rings is 1. The SMILES string of the molecule is O=C1CSC(c2ccc([N+](=O)[O-])cc2)N1C1CCS(=O)(=O)C1. The molecule has 3 rings (SSSR count). The van der Waals surface area contributed by atoms with Gasteiger partial charge in [0.2, 0.25) is 5.91 Å². The van der Waals surface area contributed by atoms with Gasteiger partial charge < -0.3 is 4.90 Å². The summed E-state index contributed by atoms with van der Waals surface area (Å²) >= 11 is 1.42. The molecule has 2 unspecified atom stereocenters. The van der Waals surface area contributed by atoms with E-state index >= 15 is 0 Å². The maximum absolute atomic E-state index is 12.1. The predicted molar refractivity (Wildman–Crippen MR) is 82.2 cm³/mol. The van der Waals surface area contributed by atoms with Gasteiger partial charge in [-0.05, 0) is 24.1 Å². The molecule has 0 spiro atoms. The Morgan fingerprint density at radius 3 is 2.50 bits per heavy atom. The van der Waals surface area contributed by atoms with Crippen LogP contribution in [0.3, 0.4) is 0 Å². The van der Waals surface area contributed by atoms with E-state index in [2.05, 4.69) is 0 Å². The van der Waals surface area contributed by atoms with Crippen LogP contribution in [0, 0.1) is 10.1 Å². The molecule has 0 aliphatic carbocycles. The molecule has 0 N–H and O–H groups in total. The van der Waals surface area contributed by atoms with Crippen LogP contribution in [-0.2, 0) is 14.6 Å². The zero-order valence-corrected chi connectivity index (χ0v) is 13.2.